The maximum atomic E-state index is 12.9. The molecule has 1 unspecified atom stereocenters. The predicted molar refractivity (Wildman–Crippen MR) is 102 cm³/mol. The molecular weight excluding hydrogens is 326 g/mol. The Morgan fingerprint density at radius 2 is 1.46 bits per heavy atom. The van der Waals surface area contributed by atoms with Crippen LogP contribution in [0.3, 0.4) is 0 Å². The fourth-order valence-electron chi connectivity index (χ4n) is 3.80. The standard InChI is InChI=1S/C21H23N3O2/c1-16-7-9-18(10-8-16)24-20(25)15-19(21(24)26)23-13-11-22(12-14-23)17-5-3-2-4-6-17/h2-10,19H,11-15H2,1H3. The lowest BCUT2D eigenvalue weighted by Gasteiger charge is -2.38. The smallest absolute Gasteiger partial charge is 0.251 e. The molecule has 0 aliphatic carbocycles. The van der Waals surface area contributed by atoms with E-state index in [1.807, 2.05) is 49.4 Å². The second-order valence-corrected chi connectivity index (χ2v) is 6.98. The maximum Gasteiger partial charge on any atom is 0.251 e. The summed E-state index contributed by atoms with van der Waals surface area (Å²) in [5, 5.41) is 0. The summed E-state index contributed by atoms with van der Waals surface area (Å²) in [6.45, 7) is 5.31. The van der Waals surface area contributed by atoms with Crippen molar-refractivity contribution in [2.45, 2.75) is 19.4 Å². The van der Waals surface area contributed by atoms with Crippen molar-refractivity contribution in [1.82, 2.24) is 4.90 Å². The summed E-state index contributed by atoms with van der Waals surface area (Å²) in [7, 11) is 0. The van der Waals surface area contributed by atoms with Crippen LogP contribution in [0.2, 0.25) is 0 Å². The first-order valence-electron chi connectivity index (χ1n) is 9.11. The molecule has 0 saturated carbocycles. The minimum absolute atomic E-state index is 0.0907. The Labute approximate surface area is 153 Å². The van der Waals surface area contributed by atoms with Crippen molar-refractivity contribution in [2.24, 2.45) is 0 Å². The number of para-hydroxylation sites is 1. The van der Waals surface area contributed by atoms with Gasteiger partial charge in [0.15, 0.2) is 0 Å². The average Bonchev–Trinajstić information content (AvgIpc) is 2.98. The van der Waals surface area contributed by atoms with Gasteiger partial charge in [-0.15, -0.1) is 0 Å². The quantitative estimate of drug-likeness (QED) is 0.799. The zero-order valence-corrected chi connectivity index (χ0v) is 15.0. The van der Waals surface area contributed by atoms with Crippen LogP contribution in [0.4, 0.5) is 11.4 Å². The van der Waals surface area contributed by atoms with Gasteiger partial charge in [0.1, 0.15) is 0 Å². The number of hydrogen-bond donors (Lipinski definition) is 0. The van der Waals surface area contributed by atoms with Gasteiger partial charge < -0.3 is 4.90 Å². The minimum Gasteiger partial charge on any atom is -0.369 e. The number of hydrogen-bond acceptors (Lipinski definition) is 4. The van der Waals surface area contributed by atoms with E-state index in [1.165, 1.54) is 10.6 Å². The van der Waals surface area contributed by atoms with E-state index in [2.05, 4.69) is 21.9 Å². The summed E-state index contributed by atoms with van der Waals surface area (Å²) in [5.41, 5.74) is 3.00. The monoisotopic (exact) mass is 349 g/mol. The highest BCUT2D eigenvalue weighted by Gasteiger charge is 2.43. The van der Waals surface area contributed by atoms with E-state index in [-0.39, 0.29) is 24.3 Å². The van der Waals surface area contributed by atoms with Crippen LogP contribution < -0.4 is 9.80 Å². The third-order valence-electron chi connectivity index (χ3n) is 5.29. The highest BCUT2D eigenvalue weighted by atomic mass is 16.2. The number of aryl methyl sites for hydroxylation is 1. The number of carbonyl (C=O) groups is 2. The summed E-state index contributed by atoms with van der Waals surface area (Å²) in [6.07, 6.45) is 0.276. The molecule has 0 bridgehead atoms. The number of imide groups is 1. The van der Waals surface area contributed by atoms with Gasteiger partial charge in [0.25, 0.3) is 5.91 Å². The highest BCUT2D eigenvalue weighted by Crippen LogP contribution is 2.27. The predicted octanol–water partition coefficient (Wildman–Crippen LogP) is 2.45. The first-order valence-corrected chi connectivity index (χ1v) is 9.11. The second-order valence-electron chi connectivity index (χ2n) is 6.98. The summed E-state index contributed by atoms with van der Waals surface area (Å²) in [4.78, 5) is 31.2. The molecule has 2 aromatic carbocycles. The molecule has 0 aromatic heterocycles. The van der Waals surface area contributed by atoms with Crippen LogP contribution in [0.15, 0.2) is 54.6 Å². The molecule has 2 aromatic rings. The molecule has 0 radical (unpaired) electrons. The van der Waals surface area contributed by atoms with Crippen LogP contribution in [-0.4, -0.2) is 48.9 Å². The Hall–Kier alpha value is -2.66. The van der Waals surface area contributed by atoms with Gasteiger partial charge in [-0.25, -0.2) is 4.90 Å². The Balaban J connectivity index is 1.44. The Bertz CT molecular complexity index is 796. The lowest BCUT2D eigenvalue weighted by atomic mass is 10.1. The van der Waals surface area contributed by atoms with Crippen molar-refractivity contribution in [3.63, 3.8) is 0 Å². The number of anilines is 2. The average molecular weight is 349 g/mol. The molecule has 4 rings (SSSR count). The van der Waals surface area contributed by atoms with Gasteiger partial charge in [-0.2, -0.15) is 0 Å². The van der Waals surface area contributed by atoms with E-state index in [0.29, 0.717) is 5.69 Å². The first kappa shape index (κ1) is 16.8. The molecule has 2 heterocycles. The van der Waals surface area contributed by atoms with Gasteiger partial charge in [0.2, 0.25) is 5.91 Å². The third-order valence-corrected chi connectivity index (χ3v) is 5.29. The fraction of sp³-hybridized carbons (Fsp3) is 0.333. The third kappa shape index (κ3) is 3.10. The molecule has 2 amide bonds. The molecule has 5 heteroatoms. The van der Waals surface area contributed by atoms with E-state index in [1.54, 1.807) is 0 Å². The maximum absolute atomic E-state index is 12.9. The van der Waals surface area contributed by atoms with Crippen molar-refractivity contribution in [3.05, 3.63) is 60.2 Å². The molecule has 134 valence electrons. The van der Waals surface area contributed by atoms with Crippen LogP contribution >= 0.6 is 0 Å². The first-order chi connectivity index (χ1) is 12.6. The number of rotatable bonds is 3. The van der Waals surface area contributed by atoms with Gasteiger partial charge >= 0.3 is 0 Å². The van der Waals surface area contributed by atoms with Crippen LogP contribution in [0.5, 0.6) is 0 Å². The van der Waals surface area contributed by atoms with Crippen molar-refractivity contribution < 1.29 is 9.59 Å². The lowest BCUT2D eigenvalue weighted by molar-refractivity contribution is -0.123. The van der Waals surface area contributed by atoms with Crippen LogP contribution in [0.25, 0.3) is 0 Å². The molecular formula is C21H23N3O2. The highest BCUT2D eigenvalue weighted by molar-refractivity contribution is 6.22. The number of piperazine rings is 1. The second kappa shape index (κ2) is 6.92. The molecule has 26 heavy (non-hydrogen) atoms. The number of amides is 2. The number of nitrogens with zero attached hydrogens (tertiary/aromatic N) is 3. The van der Waals surface area contributed by atoms with Crippen molar-refractivity contribution in [2.75, 3.05) is 36.0 Å². The van der Waals surface area contributed by atoms with Crippen LogP contribution in [0.1, 0.15) is 12.0 Å². The molecule has 2 fully saturated rings. The Kier molecular flexibility index (Phi) is 4.47. The van der Waals surface area contributed by atoms with Gasteiger partial charge in [0.05, 0.1) is 18.2 Å². The molecule has 5 nitrogen and oxygen atoms in total. The van der Waals surface area contributed by atoms with E-state index < -0.39 is 0 Å². The van der Waals surface area contributed by atoms with E-state index in [4.69, 9.17) is 0 Å². The lowest BCUT2D eigenvalue weighted by Crippen LogP contribution is -2.52. The summed E-state index contributed by atoms with van der Waals surface area (Å²) < 4.78 is 0. The van der Waals surface area contributed by atoms with E-state index in [0.717, 1.165) is 31.7 Å². The summed E-state index contributed by atoms with van der Waals surface area (Å²) >= 11 is 0. The van der Waals surface area contributed by atoms with Gasteiger partial charge in [0, 0.05) is 31.9 Å². The molecule has 2 saturated heterocycles. The Morgan fingerprint density at radius 3 is 2.12 bits per heavy atom. The van der Waals surface area contributed by atoms with E-state index >= 15 is 0 Å². The van der Waals surface area contributed by atoms with Gasteiger partial charge in [-0.1, -0.05) is 35.9 Å². The largest absolute Gasteiger partial charge is 0.369 e. The molecule has 2 aliphatic rings. The normalized spacial score (nSPS) is 21.5. The van der Waals surface area contributed by atoms with Crippen molar-refractivity contribution in [1.29, 1.82) is 0 Å². The molecule has 1 atom stereocenters. The molecule has 2 aliphatic heterocycles. The Morgan fingerprint density at radius 1 is 0.808 bits per heavy atom. The SMILES string of the molecule is Cc1ccc(N2C(=O)CC(N3CCN(c4ccccc4)CC3)C2=O)cc1. The molecule has 0 spiro atoms. The van der Waals surface area contributed by atoms with Crippen molar-refractivity contribution >= 4 is 23.2 Å². The number of carbonyl (C=O) groups excluding carboxylic acids is 2. The minimum atomic E-state index is -0.332. The number of benzene rings is 2. The molecule has 0 N–H and O–H groups in total. The summed E-state index contributed by atoms with van der Waals surface area (Å²) in [5.74, 6) is -0.193. The zero-order chi connectivity index (χ0) is 18.1. The fourth-order valence-corrected chi connectivity index (χ4v) is 3.80. The van der Waals surface area contributed by atoms with Crippen LogP contribution in [0, 0.1) is 6.92 Å². The topological polar surface area (TPSA) is 43.9 Å². The van der Waals surface area contributed by atoms with Crippen molar-refractivity contribution in [3.8, 4) is 0 Å². The van der Waals surface area contributed by atoms with E-state index in [9.17, 15) is 9.59 Å². The summed E-state index contributed by atoms with van der Waals surface area (Å²) in [6, 6.07) is 17.5. The van der Waals surface area contributed by atoms with Crippen LogP contribution in [-0.2, 0) is 9.59 Å². The van der Waals surface area contributed by atoms with Gasteiger partial charge in [-0.05, 0) is 31.2 Å². The zero-order valence-electron chi connectivity index (χ0n) is 15.0. The van der Waals surface area contributed by atoms with Gasteiger partial charge in [-0.3, -0.25) is 14.5 Å².